The van der Waals surface area contributed by atoms with E-state index in [4.69, 9.17) is 11.6 Å². The minimum atomic E-state index is -4.59. The lowest BCUT2D eigenvalue weighted by atomic mass is 10.3. The second kappa shape index (κ2) is 5.08. The average molecular weight is 267 g/mol. The van der Waals surface area contributed by atoms with Crippen LogP contribution in [0.15, 0.2) is 24.3 Å². The molecule has 0 aliphatic heterocycles. The molecule has 0 aromatic heterocycles. The predicted molar refractivity (Wildman–Crippen MR) is 54.3 cm³/mol. The molecule has 1 aromatic rings. The molecule has 0 spiro atoms. The smallest absolute Gasteiger partial charge is 0.428 e. The van der Waals surface area contributed by atoms with Crippen molar-refractivity contribution in [1.82, 2.24) is 0 Å². The van der Waals surface area contributed by atoms with Crippen molar-refractivity contribution >= 4 is 11.7 Å². The van der Waals surface area contributed by atoms with Gasteiger partial charge in [-0.25, -0.2) is 15.6 Å². The number of alkyl halides is 4. The number of rotatable bonds is 4. The van der Waals surface area contributed by atoms with E-state index in [1.165, 1.54) is 0 Å². The molecule has 0 unspecified atom stereocenters. The largest absolute Gasteiger partial charge is 0.461 e. The maximum atomic E-state index is 12.5. The molecule has 4 N–H and O–H groups in total. The van der Waals surface area contributed by atoms with Crippen LogP contribution in [0.25, 0.3) is 0 Å². The normalized spacial score (nSPS) is 11.4. The summed E-state index contributed by atoms with van der Waals surface area (Å²) in [6.07, 6.45) is -8.54. The molecule has 0 aliphatic rings. The topological polar surface area (TPSA) is 81.6 Å². The summed E-state index contributed by atoms with van der Waals surface area (Å²) in [5.41, 5.74) is 4.95. The number of ether oxygens (including phenoxy) is 1. The van der Waals surface area contributed by atoms with Gasteiger partial charge in [-0.1, -0.05) is 0 Å². The third kappa shape index (κ3) is 3.23. The first kappa shape index (κ1) is 14.0. The second-order valence-electron chi connectivity index (χ2n) is 3.17. The summed E-state index contributed by atoms with van der Waals surface area (Å²) in [6, 6.07) is 3.16. The van der Waals surface area contributed by atoms with Gasteiger partial charge in [0.2, 0.25) is 0 Å². The molecule has 18 heavy (non-hydrogen) atoms. The maximum absolute atomic E-state index is 12.5. The zero-order valence-electron chi connectivity index (χ0n) is 8.82. The molecule has 1 rings (SSSR count). The number of anilines is 1. The van der Waals surface area contributed by atoms with Crippen molar-refractivity contribution in [3.8, 4) is 5.75 Å². The lowest BCUT2D eigenvalue weighted by molar-refractivity contribution is -0.253. The third-order valence-electron chi connectivity index (χ3n) is 1.86. The number of hydrogen-bond acceptors (Lipinski definition) is 3. The van der Waals surface area contributed by atoms with Crippen LogP contribution in [-0.2, 0) is 0 Å². The Kier molecular flexibility index (Phi) is 3.96. The first-order chi connectivity index (χ1) is 8.24. The first-order valence-corrected chi connectivity index (χ1v) is 4.53. The van der Waals surface area contributed by atoms with E-state index < -0.39 is 24.3 Å². The van der Waals surface area contributed by atoms with Crippen molar-refractivity contribution in [3.05, 3.63) is 24.3 Å². The van der Waals surface area contributed by atoms with Gasteiger partial charge in [-0.15, -0.1) is 0 Å². The van der Waals surface area contributed by atoms with Crippen LogP contribution in [-0.4, -0.2) is 18.6 Å². The van der Waals surface area contributed by atoms with Crippen LogP contribution in [0.2, 0.25) is 0 Å². The maximum Gasteiger partial charge on any atom is 0.461 e. The Morgan fingerprint density at radius 2 is 1.78 bits per heavy atom. The highest BCUT2D eigenvalue weighted by Crippen LogP contribution is 2.28. The predicted octanol–water partition coefficient (Wildman–Crippen LogP) is 1.68. The van der Waals surface area contributed by atoms with Crippen LogP contribution in [0.1, 0.15) is 0 Å². The number of urea groups is 1. The molecule has 2 amide bonds. The van der Waals surface area contributed by atoms with Gasteiger partial charge >= 0.3 is 18.6 Å². The summed E-state index contributed by atoms with van der Waals surface area (Å²) in [5.74, 6) is 4.71. The summed E-state index contributed by atoms with van der Waals surface area (Å²) < 4.78 is 52.6. The minimum Gasteiger partial charge on any atom is -0.428 e. The summed E-state index contributed by atoms with van der Waals surface area (Å²) >= 11 is 0. The van der Waals surface area contributed by atoms with Gasteiger partial charge < -0.3 is 10.5 Å². The number of hydrogen-bond donors (Lipinski definition) is 2. The average Bonchev–Trinajstić information content (AvgIpc) is 2.28. The lowest BCUT2D eigenvalue weighted by Crippen LogP contribution is -2.41. The number of carbonyl (C=O) groups is 1. The number of primary amides is 1. The van der Waals surface area contributed by atoms with E-state index in [1.807, 2.05) is 0 Å². The third-order valence-corrected chi connectivity index (χ3v) is 1.86. The van der Waals surface area contributed by atoms with Gasteiger partial charge in [0.25, 0.3) is 0 Å². The highest BCUT2D eigenvalue weighted by molar-refractivity contribution is 5.89. The number of hydrazine groups is 1. The van der Waals surface area contributed by atoms with Crippen molar-refractivity contribution in [3.63, 3.8) is 0 Å². The molecular weight excluding hydrogens is 258 g/mol. The van der Waals surface area contributed by atoms with Gasteiger partial charge in [0.1, 0.15) is 5.75 Å². The van der Waals surface area contributed by atoms with E-state index in [9.17, 15) is 22.4 Å². The Labute approximate surface area is 98.9 Å². The van der Waals surface area contributed by atoms with Crippen molar-refractivity contribution in [2.45, 2.75) is 12.5 Å². The molecule has 0 radical (unpaired) electrons. The number of nitrogens with two attached hydrogens (primary N) is 2. The molecule has 0 atom stereocenters. The van der Waals surface area contributed by atoms with Crippen LogP contribution in [0, 0.1) is 0 Å². The molecule has 1 aromatic carbocycles. The van der Waals surface area contributed by atoms with Gasteiger partial charge in [-0.2, -0.15) is 17.6 Å². The van der Waals surface area contributed by atoms with Crippen molar-refractivity contribution in [1.29, 1.82) is 0 Å². The van der Waals surface area contributed by atoms with Gasteiger partial charge in [0.05, 0.1) is 5.69 Å². The lowest BCUT2D eigenvalue weighted by Gasteiger charge is -2.18. The van der Waals surface area contributed by atoms with E-state index >= 15 is 0 Å². The molecular formula is C9H9F4N3O2. The molecule has 0 heterocycles. The van der Waals surface area contributed by atoms with Gasteiger partial charge in [0, 0.05) is 0 Å². The van der Waals surface area contributed by atoms with Crippen LogP contribution in [0.3, 0.4) is 0 Å². The highest BCUT2D eigenvalue weighted by Gasteiger charge is 2.43. The van der Waals surface area contributed by atoms with E-state index in [2.05, 4.69) is 4.74 Å². The Balaban J connectivity index is 2.81. The summed E-state index contributed by atoms with van der Waals surface area (Å²) in [7, 11) is 0. The zero-order chi connectivity index (χ0) is 13.9. The molecule has 9 heteroatoms. The Hall–Kier alpha value is -2.03. The Bertz CT molecular complexity index is 424. The van der Waals surface area contributed by atoms with Crippen molar-refractivity contribution < 1.29 is 27.1 Å². The standard InChI is InChI=1S/C9H9F4N3O2/c10-7(11)9(12,13)18-6-3-1-5(2-4-6)16(15)8(14)17/h1-4,7H,15H2,(H2,14,17). The van der Waals surface area contributed by atoms with E-state index in [1.54, 1.807) is 0 Å². The molecule has 0 saturated heterocycles. The number of nitrogens with zero attached hydrogens (tertiary/aromatic N) is 1. The molecule has 100 valence electrons. The fraction of sp³-hybridized carbons (Fsp3) is 0.222. The van der Waals surface area contributed by atoms with Crippen molar-refractivity contribution in [2.75, 3.05) is 5.01 Å². The van der Waals surface area contributed by atoms with Crippen LogP contribution in [0.4, 0.5) is 28.0 Å². The monoisotopic (exact) mass is 267 g/mol. The van der Waals surface area contributed by atoms with Crippen molar-refractivity contribution in [2.24, 2.45) is 11.6 Å². The molecule has 5 nitrogen and oxygen atoms in total. The number of benzene rings is 1. The zero-order valence-corrected chi connectivity index (χ0v) is 8.82. The van der Waals surface area contributed by atoms with Gasteiger partial charge in [-0.3, -0.25) is 0 Å². The summed E-state index contributed by atoms with van der Waals surface area (Å²) in [6.45, 7) is 0. The SMILES string of the molecule is NC(=O)N(N)c1ccc(OC(F)(F)C(F)F)cc1. The molecule has 0 aliphatic carbocycles. The Morgan fingerprint density at radius 3 is 2.17 bits per heavy atom. The summed E-state index contributed by atoms with van der Waals surface area (Å²) in [5, 5.41) is 0.551. The van der Waals surface area contributed by atoms with Gasteiger partial charge in [-0.05, 0) is 24.3 Å². The van der Waals surface area contributed by atoms with E-state index in [-0.39, 0.29) is 5.69 Å². The molecule has 0 fully saturated rings. The Morgan fingerprint density at radius 1 is 1.28 bits per heavy atom. The number of amides is 2. The quantitative estimate of drug-likeness (QED) is 0.377. The van der Waals surface area contributed by atoms with E-state index in [0.29, 0.717) is 5.01 Å². The van der Waals surface area contributed by atoms with E-state index in [0.717, 1.165) is 24.3 Å². The summed E-state index contributed by atoms with van der Waals surface area (Å²) in [4.78, 5) is 10.7. The molecule has 0 bridgehead atoms. The second-order valence-corrected chi connectivity index (χ2v) is 3.17. The van der Waals surface area contributed by atoms with Crippen LogP contribution in [0.5, 0.6) is 5.75 Å². The number of carbonyl (C=O) groups excluding carboxylic acids is 1. The first-order valence-electron chi connectivity index (χ1n) is 4.53. The molecule has 0 saturated carbocycles. The highest BCUT2D eigenvalue weighted by atomic mass is 19.3. The fourth-order valence-corrected chi connectivity index (χ4v) is 1.00. The minimum absolute atomic E-state index is 0.0928. The number of halogens is 4. The van der Waals surface area contributed by atoms with Crippen LogP contribution >= 0.6 is 0 Å². The fourth-order valence-electron chi connectivity index (χ4n) is 1.00. The van der Waals surface area contributed by atoms with Gasteiger partial charge in [0.15, 0.2) is 0 Å². The van der Waals surface area contributed by atoms with Crippen LogP contribution < -0.4 is 21.3 Å².